The van der Waals surface area contributed by atoms with E-state index in [0.29, 0.717) is 10.7 Å². The molecular formula is C11H13BrFN7O3S2. The van der Waals surface area contributed by atoms with E-state index in [2.05, 4.69) is 40.5 Å². The average Bonchev–Trinajstić information content (AvgIpc) is 3.00. The number of aromatic nitrogens is 2. The number of nitrogens with two attached hydrogens (primary N) is 1. The van der Waals surface area contributed by atoms with Crippen LogP contribution < -0.4 is 20.7 Å². The Hall–Kier alpha value is -1.71. The third kappa shape index (κ3) is 5.94. The SMILES string of the molecule is NS(=O)(=O)NCCNc1snnc1C(=Nc1ccc(F)c(Br)c1)NO. The van der Waals surface area contributed by atoms with Crippen molar-refractivity contribution in [2.24, 2.45) is 10.1 Å². The molecule has 0 bridgehead atoms. The van der Waals surface area contributed by atoms with Crippen LogP contribution in [0.4, 0.5) is 15.1 Å². The number of rotatable bonds is 7. The van der Waals surface area contributed by atoms with E-state index in [-0.39, 0.29) is 29.1 Å². The summed E-state index contributed by atoms with van der Waals surface area (Å²) in [5.74, 6) is -0.466. The molecule has 1 aromatic carbocycles. The summed E-state index contributed by atoms with van der Waals surface area (Å²) >= 11 is 4.03. The summed E-state index contributed by atoms with van der Waals surface area (Å²) in [6.07, 6.45) is 0. The van der Waals surface area contributed by atoms with Gasteiger partial charge in [-0.25, -0.2) is 19.2 Å². The van der Waals surface area contributed by atoms with Gasteiger partial charge < -0.3 is 5.32 Å². The number of halogens is 2. The second kappa shape index (κ2) is 8.59. The third-order valence-corrected chi connectivity index (χ3v) is 4.57. The van der Waals surface area contributed by atoms with Crippen molar-refractivity contribution in [1.82, 2.24) is 19.8 Å². The molecule has 0 saturated heterocycles. The van der Waals surface area contributed by atoms with E-state index >= 15 is 0 Å². The van der Waals surface area contributed by atoms with Gasteiger partial charge in [0.2, 0.25) is 0 Å². The van der Waals surface area contributed by atoms with Crippen LogP contribution in [-0.4, -0.2) is 42.1 Å². The molecule has 0 spiro atoms. The molecule has 6 N–H and O–H groups in total. The summed E-state index contributed by atoms with van der Waals surface area (Å²) in [4.78, 5) is 4.14. The molecule has 0 saturated carbocycles. The lowest BCUT2D eigenvalue weighted by molar-refractivity contribution is 0.235. The largest absolute Gasteiger partial charge is 0.372 e. The molecule has 10 nitrogen and oxygen atoms in total. The summed E-state index contributed by atoms with van der Waals surface area (Å²) in [6, 6.07) is 4.06. The first-order valence-corrected chi connectivity index (χ1v) is 9.69. The number of anilines is 1. The van der Waals surface area contributed by atoms with Gasteiger partial charge >= 0.3 is 0 Å². The van der Waals surface area contributed by atoms with Crippen molar-refractivity contribution in [3.05, 3.63) is 34.2 Å². The summed E-state index contributed by atoms with van der Waals surface area (Å²) < 4.78 is 40.9. The van der Waals surface area contributed by atoms with Gasteiger partial charge in [0.25, 0.3) is 10.2 Å². The molecule has 0 radical (unpaired) electrons. The van der Waals surface area contributed by atoms with Gasteiger partial charge in [0.1, 0.15) is 10.8 Å². The number of hydroxylamine groups is 1. The molecule has 2 aromatic rings. The predicted molar refractivity (Wildman–Crippen MR) is 94.7 cm³/mol. The van der Waals surface area contributed by atoms with E-state index in [9.17, 15) is 18.0 Å². The highest BCUT2D eigenvalue weighted by Gasteiger charge is 2.15. The summed E-state index contributed by atoms with van der Waals surface area (Å²) in [5, 5.41) is 21.3. The Balaban J connectivity index is 2.14. The quantitative estimate of drug-likeness (QED) is 0.179. The fourth-order valence-electron chi connectivity index (χ4n) is 1.65. The topological polar surface area (TPSA) is 155 Å². The van der Waals surface area contributed by atoms with Crippen molar-refractivity contribution in [3.63, 3.8) is 0 Å². The second-order valence-electron chi connectivity index (χ2n) is 4.49. The number of benzene rings is 1. The molecule has 1 heterocycles. The molecule has 0 fully saturated rings. The normalized spacial score (nSPS) is 12.2. The zero-order valence-electron chi connectivity index (χ0n) is 12.4. The van der Waals surface area contributed by atoms with E-state index < -0.39 is 16.0 Å². The highest BCUT2D eigenvalue weighted by atomic mass is 79.9. The number of hydrogen-bond acceptors (Lipinski definition) is 8. The minimum Gasteiger partial charge on any atom is -0.372 e. The molecule has 0 aliphatic carbocycles. The maximum absolute atomic E-state index is 13.3. The molecule has 14 heteroatoms. The Labute approximate surface area is 154 Å². The summed E-state index contributed by atoms with van der Waals surface area (Å²) in [5.41, 5.74) is 2.49. The number of aliphatic imine (C=N–C) groups is 1. The van der Waals surface area contributed by atoms with Gasteiger partial charge in [-0.2, -0.15) is 8.42 Å². The smallest absolute Gasteiger partial charge is 0.274 e. The second-order valence-corrected chi connectivity index (χ2v) is 7.47. The van der Waals surface area contributed by atoms with Gasteiger partial charge in [-0.05, 0) is 34.1 Å². The molecule has 0 aliphatic heterocycles. The minimum atomic E-state index is -3.77. The van der Waals surface area contributed by atoms with Crippen molar-refractivity contribution < 1.29 is 18.0 Å². The molecule has 136 valence electrons. The predicted octanol–water partition coefficient (Wildman–Crippen LogP) is 0.702. The van der Waals surface area contributed by atoms with Crippen molar-refractivity contribution in [1.29, 1.82) is 0 Å². The number of amidine groups is 1. The Morgan fingerprint density at radius 1 is 1.44 bits per heavy atom. The molecule has 0 amide bonds. The van der Waals surface area contributed by atoms with Gasteiger partial charge in [-0.15, -0.1) is 5.10 Å². The van der Waals surface area contributed by atoms with Gasteiger partial charge in [0.15, 0.2) is 11.5 Å². The average molecular weight is 454 g/mol. The lowest BCUT2D eigenvalue weighted by atomic mass is 10.3. The molecule has 0 aliphatic rings. The lowest BCUT2D eigenvalue weighted by Crippen LogP contribution is -2.34. The fourth-order valence-corrected chi connectivity index (χ4v) is 2.99. The maximum Gasteiger partial charge on any atom is 0.274 e. The van der Waals surface area contributed by atoms with Crippen LogP contribution in [0.15, 0.2) is 27.7 Å². The van der Waals surface area contributed by atoms with Gasteiger partial charge in [0, 0.05) is 24.6 Å². The van der Waals surface area contributed by atoms with E-state index in [1.54, 1.807) is 0 Å². The van der Waals surface area contributed by atoms with Crippen LogP contribution in [0.5, 0.6) is 0 Å². The molecule has 25 heavy (non-hydrogen) atoms. The lowest BCUT2D eigenvalue weighted by Gasteiger charge is -2.07. The van der Waals surface area contributed by atoms with Crippen LogP contribution in [0, 0.1) is 5.82 Å². The van der Waals surface area contributed by atoms with Crippen LogP contribution in [0.2, 0.25) is 0 Å². The van der Waals surface area contributed by atoms with E-state index in [4.69, 9.17) is 5.14 Å². The monoisotopic (exact) mass is 453 g/mol. The highest BCUT2D eigenvalue weighted by Crippen LogP contribution is 2.24. The Morgan fingerprint density at radius 3 is 2.84 bits per heavy atom. The first kappa shape index (κ1) is 19.6. The van der Waals surface area contributed by atoms with Gasteiger partial charge in [-0.3, -0.25) is 10.7 Å². The maximum atomic E-state index is 13.3. The van der Waals surface area contributed by atoms with Crippen molar-refractivity contribution in [2.75, 3.05) is 18.4 Å². The fraction of sp³-hybridized carbons (Fsp3) is 0.182. The molecule has 0 unspecified atom stereocenters. The number of nitrogens with zero attached hydrogens (tertiary/aromatic N) is 3. The molecule has 0 atom stereocenters. The number of hydrogen-bond donors (Lipinski definition) is 5. The third-order valence-electron chi connectivity index (χ3n) is 2.68. The van der Waals surface area contributed by atoms with E-state index in [1.807, 2.05) is 5.48 Å². The first-order chi connectivity index (χ1) is 11.8. The van der Waals surface area contributed by atoms with E-state index in [1.165, 1.54) is 18.2 Å². The zero-order valence-corrected chi connectivity index (χ0v) is 15.6. The Kier molecular flexibility index (Phi) is 6.74. The summed E-state index contributed by atoms with van der Waals surface area (Å²) in [7, 11) is -3.77. The van der Waals surface area contributed by atoms with Crippen molar-refractivity contribution in [2.45, 2.75) is 0 Å². The molecule has 1 aromatic heterocycles. The minimum absolute atomic E-state index is 0.0193. The highest BCUT2D eigenvalue weighted by molar-refractivity contribution is 9.10. The van der Waals surface area contributed by atoms with Crippen LogP contribution in [0.3, 0.4) is 0 Å². The van der Waals surface area contributed by atoms with Crippen LogP contribution in [-0.2, 0) is 10.2 Å². The van der Waals surface area contributed by atoms with Crippen LogP contribution in [0.25, 0.3) is 0 Å². The van der Waals surface area contributed by atoms with Gasteiger partial charge in [-0.1, -0.05) is 4.49 Å². The Bertz CT molecular complexity index is 874. The molecule has 2 rings (SSSR count). The number of nitrogens with one attached hydrogen (secondary N) is 3. The van der Waals surface area contributed by atoms with Crippen LogP contribution >= 0.6 is 27.5 Å². The standard InChI is InChI=1S/C11H13BrFN7O3S2/c12-7-5-6(1-2-8(7)13)17-10(19-21)9-11(24-20-18-9)15-3-4-16-25(14,22)23/h1-2,5,15-16,21H,3-4H2,(H,17,19)(H2,14,22,23). The van der Waals surface area contributed by atoms with Crippen molar-refractivity contribution in [3.8, 4) is 0 Å². The van der Waals surface area contributed by atoms with Gasteiger partial charge in [0.05, 0.1) is 10.2 Å². The zero-order chi connectivity index (χ0) is 18.4. The van der Waals surface area contributed by atoms with E-state index in [0.717, 1.165) is 11.5 Å². The summed E-state index contributed by atoms with van der Waals surface area (Å²) in [6.45, 7) is 0.244. The Morgan fingerprint density at radius 2 is 2.20 bits per heavy atom. The van der Waals surface area contributed by atoms with Crippen molar-refractivity contribution >= 4 is 54.2 Å². The van der Waals surface area contributed by atoms with Crippen LogP contribution in [0.1, 0.15) is 5.69 Å². The first-order valence-electron chi connectivity index (χ1n) is 6.58. The molecular weight excluding hydrogens is 441 g/mol.